The van der Waals surface area contributed by atoms with Crippen molar-refractivity contribution in [3.8, 4) is 29.5 Å². The minimum Gasteiger partial charge on any atom is -0.508 e. The van der Waals surface area contributed by atoms with E-state index in [4.69, 9.17) is 6.42 Å². The molecule has 0 unspecified atom stereocenters. The summed E-state index contributed by atoms with van der Waals surface area (Å²) in [5.74, 6) is 0.899. The van der Waals surface area contributed by atoms with Crippen molar-refractivity contribution in [2.45, 2.75) is 6.92 Å². The van der Waals surface area contributed by atoms with E-state index in [0.717, 1.165) is 17.0 Å². The normalized spacial score (nSPS) is 11.2. The van der Waals surface area contributed by atoms with Crippen LogP contribution >= 0.6 is 0 Å². The van der Waals surface area contributed by atoms with Gasteiger partial charge in [-0.2, -0.15) is 0 Å². The molecular formula is C16H17N3O. The lowest BCUT2D eigenvalue weighted by atomic mass is 10.1. The van der Waals surface area contributed by atoms with Crippen LogP contribution in [0, 0.1) is 12.5 Å². The number of hydrogen-bond acceptors (Lipinski definition) is 3. The highest BCUT2D eigenvalue weighted by Gasteiger charge is 2.08. The molecule has 0 radical (unpaired) electrons. The van der Waals surface area contributed by atoms with Crippen molar-refractivity contribution in [2.24, 2.45) is 0 Å². The van der Waals surface area contributed by atoms with Crippen molar-refractivity contribution in [1.82, 2.24) is 14.5 Å². The minimum absolute atomic E-state index is 0.208. The van der Waals surface area contributed by atoms with E-state index in [9.17, 15) is 5.11 Å². The molecule has 1 heterocycles. The van der Waals surface area contributed by atoms with E-state index in [-0.39, 0.29) is 5.75 Å². The zero-order valence-corrected chi connectivity index (χ0v) is 11.8. The van der Waals surface area contributed by atoms with Crippen LogP contribution in [0.3, 0.4) is 0 Å². The van der Waals surface area contributed by atoms with Gasteiger partial charge in [0.05, 0.1) is 5.69 Å². The molecule has 4 nitrogen and oxygen atoms in total. The number of aromatic hydroxyl groups is 1. The van der Waals surface area contributed by atoms with Gasteiger partial charge in [-0.15, -0.1) is 0 Å². The van der Waals surface area contributed by atoms with Crippen LogP contribution in [0.2, 0.25) is 0 Å². The molecule has 20 heavy (non-hydrogen) atoms. The third-order valence-corrected chi connectivity index (χ3v) is 3.06. The summed E-state index contributed by atoms with van der Waals surface area (Å²) in [6, 6.07) is 9.52. The number of benzene rings is 1. The Bertz CT molecular complexity index is 690. The lowest BCUT2D eigenvalue weighted by Crippen LogP contribution is -2.08. The highest BCUT2D eigenvalue weighted by molar-refractivity contribution is 5.63. The zero-order valence-electron chi connectivity index (χ0n) is 11.8. The summed E-state index contributed by atoms with van der Waals surface area (Å²) in [5, 5.41) is 9.53. The molecule has 0 amide bonds. The molecule has 0 saturated carbocycles. The average molecular weight is 267 g/mol. The van der Waals surface area contributed by atoms with Gasteiger partial charge in [0.2, 0.25) is 0 Å². The molecule has 0 spiro atoms. The summed E-state index contributed by atoms with van der Waals surface area (Å²) in [4.78, 5) is 6.51. The lowest BCUT2D eigenvalue weighted by Gasteiger charge is -2.11. The summed E-state index contributed by atoms with van der Waals surface area (Å²) in [6.07, 6.45) is 9.21. The summed E-state index contributed by atoms with van der Waals surface area (Å²) >= 11 is 0. The Morgan fingerprint density at radius 1 is 1.45 bits per heavy atom. The predicted octanol–water partition coefficient (Wildman–Crippen LogP) is 2.62. The second-order valence-corrected chi connectivity index (χ2v) is 4.71. The number of imidazole rings is 1. The van der Waals surface area contributed by atoms with Crippen LogP contribution < -0.4 is 0 Å². The fourth-order valence-corrected chi connectivity index (χ4v) is 1.72. The van der Waals surface area contributed by atoms with Crippen LogP contribution in [0.1, 0.15) is 12.7 Å². The second kappa shape index (κ2) is 5.54. The van der Waals surface area contributed by atoms with E-state index in [2.05, 4.69) is 11.0 Å². The maximum Gasteiger partial charge on any atom is 0.146 e. The van der Waals surface area contributed by atoms with Gasteiger partial charge < -0.3 is 10.0 Å². The molecule has 2 rings (SSSR count). The van der Waals surface area contributed by atoms with Gasteiger partial charge in [-0.25, -0.2) is 4.98 Å². The Balaban J connectivity index is 2.47. The SMILES string of the molecule is C#Cn1cc(-c2cccc(O)c2)nc1/C=C(\C)N(C)C. The highest BCUT2D eigenvalue weighted by Crippen LogP contribution is 2.23. The third kappa shape index (κ3) is 2.83. The number of aromatic nitrogens is 2. The van der Waals surface area contributed by atoms with Crippen LogP contribution in [-0.4, -0.2) is 33.7 Å². The van der Waals surface area contributed by atoms with E-state index in [1.807, 2.05) is 38.1 Å². The van der Waals surface area contributed by atoms with Crippen LogP contribution in [-0.2, 0) is 0 Å². The Labute approximate surface area is 119 Å². The molecule has 1 aromatic carbocycles. The largest absolute Gasteiger partial charge is 0.508 e. The van der Waals surface area contributed by atoms with E-state index in [1.165, 1.54) is 0 Å². The Morgan fingerprint density at radius 3 is 2.80 bits per heavy atom. The van der Waals surface area contributed by atoms with E-state index in [1.54, 1.807) is 29.0 Å². The number of rotatable bonds is 3. The molecule has 0 fully saturated rings. The molecular weight excluding hydrogens is 250 g/mol. The van der Waals surface area contributed by atoms with Gasteiger partial charge in [0.1, 0.15) is 11.6 Å². The number of phenols is 1. The van der Waals surface area contributed by atoms with Gasteiger partial charge in [-0.3, -0.25) is 4.57 Å². The quantitative estimate of drug-likeness (QED) is 0.869. The first-order valence-electron chi connectivity index (χ1n) is 6.22. The molecule has 102 valence electrons. The van der Waals surface area contributed by atoms with Gasteiger partial charge in [-0.05, 0) is 19.1 Å². The van der Waals surface area contributed by atoms with E-state index < -0.39 is 0 Å². The summed E-state index contributed by atoms with van der Waals surface area (Å²) in [5.41, 5.74) is 2.61. The standard InChI is InChI=1S/C16H17N3O/c1-5-19-11-15(13-7-6-8-14(20)10-13)17-16(19)9-12(2)18(3)4/h1,6-11,20H,2-4H3/b12-9+. The van der Waals surface area contributed by atoms with Gasteiger partial charge in [0.25, 0.3) is 0 Å². The Kier molecular flexibility index (Phi) is 3.81. The number of nitrogens with zero attached hydrogens (tertiary/aromatic N) is 3. The maximum absolute atomic E-state index is 9.53. The first kappa shape index (κ1) is 13.8. The number of hydrogen-bond donors (Lipinski definition) is 1. The van der Waals surface area contributed by atoms with Crippen molar-refractivity contribution in [3.05, 3.63) is 42.0 Å². The van der Waals surface area contributed by atoms with E-state index >= 15 is 0 Å². The smallest absolute Gasteiger partial charge is 0.146 e. The van der Waals surface area contributed by atoms with Crippen LogP contribution in [0.5, 0.6) is 5.75 Å². The molecule has 0 aliphatic carbocycles. The van der Waals surface area contributed by atoms with Crippen LogP contribution in [0.25, 0.3) is 17.3 Å². The number of phenolic OH excluding ortho intramolecular Hbond substituents is 1. The lowest BCUT2D eigenvalue weighted by molar-refractivity contribution is 0.475. The number of allylic oxidation sites excluding steroid dienone is 1. The van der Waals surface area contributed by atoms with Crippen molar-refractivity contribution < 1.29 is 5.11 Å². The molecule has 0 aliphatic rings. The van der Waals surface area contributed by atoms with Crippen LogP contribution in [0.15, 0.2) is 36.2 Å². The van der Waals surface area contributed by atoms with Gasteiger partial charge in [0, 0.05) is 43.7 Å². The Hall–Kier alpha value is -2.67. The molecule has 4 heteroatoms. The molecule has 1 aromatic heterocycles. The first-order valence-corrected chi connectivity index (χ1v) is 6.22. The maximum atomic E-state index is 9.53. The number of terminal acetylenes is 1. The molecule has 0 bridgehead atoms. The van der Waals surface area contributed by atoms with Crippen molar-refractivity contribution in [1.29, 1.82) is 0 Å². The topological polar surface area (TPSA) is 41.3 Å². The molecule has 0 aliphatic heterocycles. The second-order valence-electron chi connectivity index (χ2n) is 4.71. The van der Waals surface area contributed by atoms with Crippen LogP contribution in [0.4, 0.5) is 0 Å². The van der Waals surface area contributed by atoms with Gasteiger partial charge in [-0.1, -0.05) is 18.6 Å². The fourth-order valence-electron chi connectivity index (χ4n) is 1.72. The van der Waals surface area contributed by atoms with Crippen molar-refractivity contribution in [3.63, 3.8) is 0 Å². The van der Waals surface area contributed by atoms with E-state index in [0.29, 0.717) is 5.82 Å². The zero-order chi connectivity index (χ0) is 14.7. The molecule has 0 atom stereocenters. The summed E-state index contributed by atoms with van der Waals surface area (Å²) < 4.78 is 1.63. The molecule has 2 aromatic rings. The monoisotopic (exact) mass is 267 g/mol. The van der Waals surface area contributed by atoms with Crippen molar-refractivity contribution >= 4 is 6.08 Å². The fraction of sp³-hybridized carbons (Fsp3) is 0.188. The third-order valence-electron chi connectivity index (χ3n) is 3.06. The summed E-state index contributed by atoms with van der Waals surface area (Å²) in [7, 11) is 3.93. The Morgan fingerprint density at radius 2 is 2.20 bits per heavy atom. The van der Waals surface area contributed by atoms with Crippen molar-refractivity contribution in [2.75, 3.05) is 14.1 Å². The van der Waals surface area contributed by atoms with Gasteiger partial charge >= 0.3 is 0 Å². The predicted molar refractivity (Wildman–Crippen MR) is 80.9 cm³/mol. The molecule has 0 saturated heterocycles. The average Bonchev–Trinajstić information content (AvgIpc) is 2.81. The first-order chi connectivity index (χ1) is 9.51. The molecule has 1 N–H and O–H groups in total. The minimum atomic E-state index is 0.208. The summed E-state index contributed by atoms with van der Waals surface area (Å²) in [6.45, 7) is 1.99. The highest BCUT2D eigenvalue weighted by atomic mass is 16.3. The van der Waals surface area contributed by atoms with Gasteiger partial charge in [0.15, 0.2) is 0 Å².